The predicted molar refractivity (Wildman–Crippen MR) is 77.6 cm³/mol. The van der Waals surface area contributed by atoms with Crippen LogP contribution in [0.2, 0.25) is 0 Å². The maximum atomic E-state index is 5.76. The van der Waals surface area contributed by atoms with Crippen molar-refractivity contribution in [3.63, 3.8) is 0 Å². The topological polar surface area (TPSA) is 44.5 Å². The number of anilines is 1. The van der Waals surface area contributed by atoms with E-state index in [1.807, 2.05) is 6.07 Å². The number of methoxy groups -OCH3 is 1. The average molecular weight is 257 g/mol. The summed E-state index contributed by atoms with van der Waals surface area (Å²) in [6.07, 6.45) is 1.05. The highest BCUT2D eigenvalue weighted by Gasteiger charge is 2.04. The molecule has 0 aromatic heterocycles. The van der Waals surface area contributed by atoms with Crippen LogP contribution in [0.25, 0.3) is 0 Å². The van der Waals surface area contributed by atoms with Crippen LogP contribution >= 0.6 is 0 Å². The van der Waals surface area contributed by atoms with E-state index >= 15 is 0 Å². The molecule has 2 aromatic carbocycles. The van der Waals surface area contributed by atoms with Crippen molar-refractivity contribution in [2.45, 2.75) is 20.0 Å². The minimum Gasteiger partial charge on any atom is -0.493 e. The Bertz CT molecular complexity index is 535. The van der Waals surface area contributed by atoms with Crippen molar-refractivity contribution in [1.82, 2.24) is 0 Å². The lowest BCUT2D eigenvalue weighted by Crippen LogP contribution is -1.98. The van der Waals surface area contributed by atoms with E-state index in [0.29, 0.717) is 23.8 Å². The Kier molecular flexibility index (Phi) is 4.29. The summed E-state index contributed by atoms with van der Waals surface area (Å²) in [5, 5.41) is 0. The minimum absolute atomic E-state index is 0.518. The molecule has 0 saturated carbocycles. The third-order valence-corrected chi connectivity index (χ3v) is 3.01. The highest BCUT2D eigenvalue weighted by atomic mass is 16.5. The van der Waals surface area contributed by atoms with Gasteiger partial charge in [-0.15, -0.1) is 0 Å². The summed E-state index contributed by atoms with van der Waals surface area (Å²) in [5.74, 6) is 1.36. The standard InChI is InChI=1S/C16H19NO2/c1-3-12-4-6-13(7-5-12)11-19-15-9-8-14(17)10-16(15)18-2/h4-10H,3,11,17H2,1-2H3. The average Bonchev–Trinajstić information content (AvgIpc) is 2.46. The van der Waals surface area contributed by atoms with Crippen LogP contribution in [-0.2, 0) is 13.0 Å². The molecule has 2 aromatic rings. The Labute approximate surface area is 114 Å². The Morgan fingerprint density at radius 1 is 0.947 bits per heavy atom. The molecule has 3 heteroatoms. The van der Waals surface area contributed by atoms with Gasteiger partial charge in [0.25, 0.3) is 0 Å². The fourth-order valence-corrected chi connectivity index (χ4v) is 1.84. The predicted octanol–water partition coefficient (Wildman–Crippen LogP) is 3.42. The molecule has 0 amide bonds. The monoisotopic (exact) mass is 257 g/mol. The molecule has 100 valence electrons. The molecule has 0 radical (unpaired) electrons. The highest BCUT2D eigenvalue weighted by Crippen LogP contribution is 2.29. The maximum Gasteiger partial charge on any atom is 0.162 e. The smallest absolute Gasteiger partial charge is 0.162 e. The lowest BCUT2D eigenvalue weighted by Gasteiger charge is -2.11. The molecule has 0 bridgehead atoms. The third kappa shape index (κ3) is 3.41. The molecule has 0 aliphatic rings. The fraction of sp³-hybridized carbons (Fsp3) is 0.250. The van der Waals surface area contributed by atoms with Gasteiger partial charge >= 0.3 is 0 Å². The summed E-state index contributed by atoms with van der Waals surface area (Å²) >= 11 is 0. The van der Waals surface area contributed by atoms with E-state index in [1.165, 1.54) is 5.56 Å². The van der Waals surface area contributed by atoms with E-state index in [-0.39, 0.29) is 0 Å². The van der Waals surface area contributed by atoms with Gasteiger partial charge in [-0.1, -0.05) is 31.2 Å². The number of benzene rings is 2. The summed E-state index contributed by atoms with van der Waals surface area (Å²) < 4.78 is 11.0. The molecule has 0 fully saturated rings. The lowest BCUT2D eigenvalue weighted by molar-refractivity contribution is 0.284. The maximum absolute atomic E-state index is 5.76. The van der Waals surface area contributed by atoms with Gasteiger partial charge in [-0.3, -0.25) is 0 Å². The van der Waals surface area contributed by atoms with Gasteiger partial charge in [-0.2, -0.15) is 0 Å². The van der Waals surface area contributed by atoms with E-state index in [0.717, 1.165) is 12.0 Å². The molecule has 0 heterocycles. The second kappa shape index (κ2) is 6.14. The number of nitrogens with two attached hydrogens (primary N) is 1. The van der Waals surface area contributed by atoms with E-state index in [2.05, 4.69) is 31.2 Å². The van der Waals surface area contributed by atoms with Gasteiger partial charge in [0.1, 0.15) is 6.61 Å². The van der Waals surface area contributed by atoms with Crippen LogP contribution in [0.3, 0.4) is 0 Å². The van der Waals surface area contributed by atoms with Crippen LogP contribution in [0, 0.1) is 0 Å². The second-order valence-electron chi connectivity index (χ2n) is 4.37. The Morgan fingerprint density at radius 2 is 1.63 bits per heavy atom. The molecule has 2 rings (SSSR count). The zero-order valence-electron chi connectivity index (χ0n) is 11.3. The van der Waals surface area contributed by atoms with Crippen LogP contribution < -0.4 is 15.2 Å². The zero-order chi connectivity index (χ0) is 13.7. The van der Waals surface area contributed by atoms with Crippen molar-refractivity contribution >= 4 is 5.69 Å². The fourth-order valence-electron chi connectivity index (χ4n) is 1.84. The van der Waals surface area contributed by atoms with Gasteiger partial charge in [0.05, 0.1) is 7.11 Å². The van der Waals surface area contributed by atoms with E-state index < -0.39 is 0 Å². The SMILES string of the molecule is CCc1ccc(COc2ccc(N)cc2OC)cc1. The summed E-state index contributed by atoms with van der Waals surface area (Å²) in [7, 11) is 1.61. The summed E-state index contributed by atoms with van der Waals surface area (Å²) in [6.45, 7) is 2.66. The van der Waals surface area contributed by atoms with Crippen LogP contribution in [0.1, 0.15) is 18.1 Å². The molecular formula is C16H19NO2. The first kappa shape index (κ1) is 13.3. The molecule has 2 N–H and O–H groups in total. The summed E-state index contributed by atoms with van der Waals surface area (Å²) in [4.78, 5) is 0. The first-order valence-corrected chi connectivity index (χ1v) is 6.37. The van der Waals surface area contributed by atoms with Crippen molar-refractivity contribution < 1.29 is 9.47 Å². The first-order valence-electron chi connectivity index (χ1n) is 6.37. The van der Waals surface area contributed by atoms with E-state index in [9.17, 15) is 0 Å². The molecule has 0 unspecified atom stereocenters. The van der Waals surface area contributed by atoms with Crippen molar-refractivity contribution in [1.29, 1.82) is 0 Å². The van der Waals surface area contributed by atoms with Crippen LogP contribution in [-0.4, -0.2) is 7.11 Å². The van der Waals surface area contributed by atoms with E-state index in [4.69, 9.17) is 15.2 Å². The Hall–Kier alpha value is -2.16. The van der Waals surface area contributed by atoms with Gasteiger partial charge in [0, 0.05) is 11.8 Å². The van der Waals surface area contributed by atoms with Gasteiger partial charge in [0.2, 0.25) is 0 Å². The van der Waals surface area contributed by atoms with Gasteiger partial charge < -0.3 is 15.2 Å². The number of nitrogen functional groups attached to an aromatic ring is 1. The molecule has 0 aliphatic carbocycles. The van der Waals surface area contributed by atoms with Gasteiger partial charge in [-0.05, 0) is 29.7 Å². The summed E-state index contributed by atoms with van der Waals surface area (Å²) in [5.41, 5.74) is 8.83. The van der Waals surface area contributed by atoms with Crippen molar-refractivity contribution in [3.05, 3.63) is 53.6 Å². The van der Waals surface area contributed by atoms with Crippen LogP contribution in [0.5, 0.6) is 11.5 Å². The lowest BCUT2D eigenvalue weighted by atomic mass is 10.1. The molecule has 0 saturated heterocycles. The Morgan fingerprint density at radius 3 is 2.26 bits per heavy atom. The first-order chi connectivity index (χ1) is 9.22. The second-order valence-corrected chi connectivity index (χ2v) is 4.37. The number of hydrogen-bond donors (Lipinski definition) is 1. The normalized spacial score (nSPS) is 10.2. The number of rotatable bonds is 5. The summed E-state index contributed by atoms with van der Waals surface area (Å²) in [6, 6.07) is 13.8. The largest absolute Gasteiger partial charge is 0.493 e. The molecule has 19 heavy (non-hydrogen) atoms. The van der Waals surface area contributed by atoms with Gasteiger partial charge in [-0.25, -0.2) is 0 Å². The third-order valence-electron chi connectivity index (χ3n) is 3.01. The highest BCUT2D eigenvalue weighted by molar-refractivity contribution is 5.51. The number of ether oxygens (including phenoxy) is 2. The number of aryl methyl sites for hydroxylation is 1. The van der Waals surface area contributed by atoms with Gasteiger partial charge in [0.15, 0.2) is 11.5 Å². The van der Waals surface area contributed by atoms with Crippen molar-refractivity contribution in [2.24, 2.45) is 0 Å². The van der Waals surface area contributed by atoms with Crippen LogP contribution in [0.15, 0.2) is 42.5 Å². The Balaban J connectivity index is 2.05. The van der Waals surface area contributed by atoms with Crippen molar-refractivity contribution in [2.75, 3.05) is 12.8 Å². The molecular weight excluding hydrogens is 238 g/mol. The van der Waals surface area contributed by atoms with E-state index in [1.54, 1.807) is 19.2 Å². The minimum atomic E-state index is 0.518. The molecule has 3 nitrogen and oxygen atoms in total. The molecule has 0 spiro atoms. The van der Waals surface area contributed by atoms with Crippen LogP contribution in [0.4, 0.5) is 5.69 Å². The zero-order valence-corrected chi connectivity index (χ0v) is 11.3. The van der Waals surface area contributed by atoms with Crippen molar-refractivity contribution in [3.8, 4) is 11.5 Å². The quantitative estimate of drug-likeness (QED) is 0.835. The molecule has 0 aliphatic heterocycles. The number of hydrogen-bond acceptors (Lipinski definition) is 3. The molecule has 0 atom stereocenters.